The van der Waals surface area contributed by atoms with Crippen LogP contribution in [0.3, 0.4) is 0 Å². The van der Waals surface area contributed by atoms with E-state index < -0.39 is 0 Å². The van der Waals surface area contributed by atoms with Crippen molar-refractivity contribution in [3.8, 4) is 0 Å². The van der Waals surface area contributed by atoms with Crippen LogP contribution in [-0.4, -0.2) is 27.8 Å². The Bertz CT molecular complexity index is 76.4. The van der Waals surface area contributed by atoms with Crippen LogP contribution in [0.2, 0.25) is 0 Å². The first-order valence-electron chi connectivity index (χ1n) is 3.00. The molecule has 0 spiro atoms. The number of thiol groups is 1. The predicted octanol–water partition coefficient (Wildman–Crippen LogP) is 1.97. The molecule has 2 atom stereocenters. The Kier molecular flexibility index (Phi) is 3.66. The van der Waals surface area contributed by atoms with Crippen LogP contribution in [0.15, 0.2) is 0 Å². The van der Waals surface area contributed by atoms with E-state index in [2.05, 4.69) is 19.6 Å². The molecular weight excluding hydrogens is 168 g/mol. The molecule has 0 aromatic rings. The second-order valence-corrected chi connectivity index (χ2v) is 5.13. The zero-order valence-corrected chi connectivity index (χ0v) is 7.77. The molecule has 0 aromatic carbocycles. The molecular formula is C6H11S3. The van der Waals surface area contributed by atoms with Crippen LogP contribution in [0.25, 0.3) is 0 Å². The maximum atomic E-state index is 4.24. The zero-order chi connectivity index (χ0) is 6.69. The summed E-state index contributed by atoms with van der Waals surface area (Å²) in [5.74, 6) is 3.46. The smallest absolute Gasteiger partial charge is 0.0226 e. The van der Waals surface area contributed by atoms with Gasteiger partial charge >= 0.3 is 0 Å². The molecule has 2 unspecified atom stereocenters. The molecule has 1 aliphatic rings. The van der Waals surface area contributed by atoms with Crippen molar-refractivity contribution in [2.45, 2.75) is 10.5 Å². The van der Waals surface area contributed by atoms with Gasteiger partial charge < -0.3 is 0 Å². The Morgan fingerprint density at radius 1 is 1.44 bits per heavy atom. The average Bonchev–Trinajstić information content (AvgIpc) is 1.90. The van der Waals surface area contributed by atoms with Crippen LogP contribution in [0.5, 0.6) is 0 Å². The van der Waals surface area contributed by atoms with Crippen LogP contribution >= 0.6 is 36.2 Å². The Balaban J connectivity index is 2.18. The molecule has 53 valence electrons. The maximum Gasteiger partial charge on any atom is 0.0226 e. The zero-order valence-electron chi connectivity index (χ0n) is 5.25. The number of rotatable bonds is 1. The summed E-state index contributed by atoms with van der Waals surface area (Å²) in [7, 11) is 0. The van der Waals surface area contributed by atoms with Crippen LogP contribution in [-0.2, 0) is 0 Å². The van der Waals surface area contributed by atoms with Gasteiger partial charge in [0, 0.05) is 27.8 Å². The molecule has 0 amide bonds. The van der Waals surface area contributed by atoms with Gasteiger partial charge in [-0.25, -0.2) is 0 Å². The van der Waals surface area contributed by atoms with E-state index >= 15 is 0 Å². The van der Waals surface area contributed by atoms with Gasteiger partial charge in [0.25, 0.3) is 0 Å². The SMILES string of the molecule is [CH2]C1CSC(CS)CS1. The van der Waals surface area contributed by atoms with Crippen molar-refractivity contribution in [3.63, 3.8) is 0 Å². The molecule has 1 saturated heterocycles. The third-order valence-corrected chi connectivity index (χ3v) is 4.98. The van der Waals surface area contributed by atoms with E-state index in [9.17, 15) is 0 Å². The van der Waals surface area contributed by atoms with Gasteiger partial charge in [0.05, 0.1) is 0 Å². The second kappa shape index (κ2) is 4.04. The highest BCUT2D eigenvalue weighted by Gasteiger charge is 2.17. The average molecular weight is 179 g/mol. The fourth-order valence-corrected chi connectivity index (χ4v) is 3.75. The molecule has 1 heterocycles. The Morgan fingerprint density at radius 3 is 2.67 bits per heavy atom. The van der Waals surface area contributed by atoms with Gasteiger partial charge in [0.15, 0.2) is 0 Å². The highest BCUT2D eigenvalue weighted by atomic mass is 32.2. The van der Waals surface area contributed by atoms with Gasteiger partial charge in [0.2, 0.25) is 0 Å². The second-order valence-electron chi connectivity index (χ2n) is 2.09. The monoisotopic (exact) mass is 179 g/mol. The van der Waals surface area contributed by atoms with Crippen molar-refractivity contribution in [1.82, 2.24) is 0 Å². The van der Waals surface area contributed by atoms with E-state index in [0.29, 0.717) is 5.25 Å². The summed E-state index contributed by atoms with van der Waals surface area (Å²) in [6.45, 7) is 3.98. The summed E-state index contributed by atoms with van der Waals surface area (Å²) < 4.78 is 0. The van der Waals surface area contributed by atoms with E-state index in [1.165, 1.54) is 11.5 Å². The Hall–Kier alpha value is 1.05. The molecule has 1 fully saturated rings. The number of hydrogen-bond acceptors (Lipinski definition) is 3. The van der Waals surface area contributed by atoms with Crippen LogP contribution in [0.4, 0.5) is 0 Å². The fourth-order valence-electron chi connectivity index (χ4n) is 0.688. The quantitative estimate of drug-likeness (QED) is 0.611. The minimum absolute atomic E-state index is 0.617. The molecule has 9 heavy (non-hydrogen) atoms. The minimum atomic E-state index is 0.617. The molecule has 1 radical (unpaired) electrons. The lowest BCUT2D eigenvalue weighted by molar-refractivity contribution is 1.10. The summed E-state index contributed by atoms with van der Waals surface area (Å²) >= 11 is 8.22. The van der Waals surface area contributed by atoms with Gasteiger partial charge in [-0.2, -0.15) is 36.2 Å². The van der Waals surface area contributed by atoms with Crippen molar-refractivity contribution in [1.29, 1.82) is 0 Å². The third kappa shape index (κ3) is 2.64. The minimum Gasteiger partial charge on any atom is -0.178 e. The van der Waals surface area contributed by atoms with Gasteiger partial charge in [-0.15, -0.1) is 0 Å². The summed E-state index contributed by atoms with van der Waals surface area (Å²) in [5, 5.41) is 1.39. The third-order valence-electron chi connectivity index (χ3n) is 1.24. The number of thioether (sulfide) groups is 2. The van der Waals surface area contributed by atoms with Crippen molar-refractivity contribution >= 4 is 36.2 Å². The highest BCUT2D eigenvalue weighted by molar-refractivity contribution is 8.07. The standard InChI is InChI=1S/C6H11S3/c1-5-3-9-6(2-7)4-8-5/h5-7H,1-4H2. The molecule has 1 aliphatic heterocycles. The van der Waals surface area contributed by atoms with Crippen molar-refractivity contribution in [2.75, 3.05) is 17.3 Å². The highest BCUT2D eigenvalue weighted by Crippen LogP contribution is 2.29. The lowest BCUT2D eigenvalue weighted by Crippen LogP contribution is -2.20. The number of hydrogen-bond donors (Lipinski definition) is 1. The Morgan fingerprint density at radius 2 is 2.22 bits per heavy atom. The lowest BCUT2D eigenvalue weighted by atomic mass is 10.5. The summed E-state index contributed by atoms with van der Waals surface area (Å²) in [6.07, 6.45) is 0. The van der Waals surface area contributed by atoms with E-state index in [-0.39, 0.29) is 0 Å². The molecule has 3 heteroatoms. The van der Waals surface area contributed by atoms with E-state index in [4.69, 9.17) is 0 Å². The van der Waals surface area contributed by atoms with Crippen molar-refractivity contribution < 1.29 is 0 Å². The predicted molar refractivity (Wildman–Crippen MR) is 51.7 cm³/mol. The molecule has 0 N–H and O–H groups in total. The van der Waals surface area contributed by atoms with Gasteiger partial charge in [0.1, 0.15) is 0 Å². The first-order valence-corrected chi connectivity index (χ1v) is 5.73. The van der Waals surface area contributed by atoms with Crippen LogP contribution in [0.1, 0.15) is 0 Å². The molecule has 0 aliphatic carbocycles. The van der Waals surface area contributed by atoms with E-state index in [1.54, 1.807) is 0 Å². The van der Waals surface area contributed by atoms with Crippen LogP contribution in [0, 0.1) is 6.92 Å². The first-order chi connectivity index (χ1) is 4.33. The molecule has 1 rings (SSSR count). The van der Waals surface area contributed by atoms with Gasteiger partial charge in [-0.1, -0.05) is 0 Å². The van der Waals surface area contributed by atoms with Gasteiger partial charge in [-0.3, -0.25) is 0 Å². The van der Waals surface area contributed by atoms with Crippen LogP contribution < -0.4 is 0 Å². The molecule has 0 saturated carbocycles. The topological polar surface area (TPSA) is 0 Å². The fraction of sp³-hybridized carbons (Fsp3) is 0.833. The van der Waals surface area contributed by atoms with Crippen molar-refractivity contribution in [3.05, 3.63) is 6.92 Å². The van der Waals surface area contributed by atoms with Gasteiger partial charge in [-0.05, 0) is 6.92 Å². The van der Waals surface area contributed by atoms with E-state index in [1.807, 2.05) is 23.5 Å². The summed E-state index contributed by atoms with van der Waals surface area (Å²) in [6, 6.07) is 0. The molecule has 0 nitrogen and oxygen atoms in total. The normalized spacial score (nSPS) is 36.7. The van der Waals surface area contributed by atoms with Crippen molar-refractivity contribution in [2.24, 2.45) is 0 Å². The summed E-state index contributed by atoms with van der Waals surface area (Å²) in [4.78, 5) is 0. The first kappa shape index (κ1) is 8.15. The maximum absolute atomic E-state index is 4.24. The largest absolute Gasteiger partial charge is 0.178 e. The summed E-state index contributed by atoms with van der Waals surface area (Å²) in [5.41, 5.74) is 0. The Labute approximate surface area is 71.0 Å². The molecule has 0 bridgehead atoms. The molecule has 0 aromatic heterocycles. The lowest BCUT2D eigenvalue weighted by Gasteiger charge is -2.23. The van der Waals surface area contributed by atoms with E-state index in [0.717, 1.165) is 11.0 Å².